The molecule has 0 fully saturated rings. The molecule has 2 atom stereocenters. The van der Waals surface area contributed by atoms with Crippen molar-refractivity contribution in [1.29, 1.82) is 0 Å². The highest BCUT2D eigenvalue weighted by Gasteiger charge is 2.31. The molecule has 0 aromatic heterocycles. The molecule has 0 aliphatic heterocycles. The Balaban J connectivity index is 2.59. The summed E-state index contributed by atoms with van der Waals surface area (Å²) in [5.41, 5.74) is 8.79. The van der Waals surface area contributed by atoms with E-state index in [1.165, 1.54) is 0 Å². The summed E-state index contributed by atoms with van der Waals surface area (Å²) in [5.74, 6) is 0. The van der Waals surface area contributed by atoms with E-state index in [1.54, 1.807) is 0 Å². The van der Waals surface area contributed by atoms with Crippen LogP contribution in [0.15, 0.2) is 46.9 Å². The number of rotatable bonds is 4. The summed E-state index contributed by atoms with van der Waals surface area (Å²) < 4.78 is 15.4. The molecule has 0 saturated carbocycles. The Morgan fingerprint density at radius 2 is 1.75 bits per heavy atom. The Kier molecular flexibility index (Phi) is 6.13. The first-order valence-corrected chi connectivity index (χ1v) is 9.84. The summed E-state index contributed by atoms with van der Waals surface area (Å²) in [7, 11) is 0.658. The first-order valence-electron chi connectivity index (χ1n) is 7.56. The molecule has 2 N–H and O–H groups in total. The average Bonchev–Trinajstić information content (AvgIpc) is 2.51. The number of hydrogen-bond donors (Lipinski definition) is 1. The lowest BCUT2D eigenvalue weighted by atomic mass is 9.97. The van der Waals surface area contributed by atoms with Gasteiger partial charge in [0.2, 0.25) is 0 Å². The first kappa shape index (κ1) is 19.4. The molecule has 0 aliphatic rings. The Morgan fingerprint density at radius 3 is 2.29 bits per heavy atom. The molecule has 0 radical (unpaired) electrons. The van der Waals surface area contributed by atoms with Gasteiger partial charge in [-0.2, -0.15) is 0 Å². The van der Waals surface area contributed by atoms with E-state index in [9.17, 15) is 4.21 Å². The molecule has 0 aliphatic carbocycles. The van der Waals surface area contributed by atoms with Gasteiger partial charge in [0.05, 0.1) is 10.8 Å². The number of hydrogen-bond acceptors (Lipinski definition) is 2. The molecule has 0 saturated heterocycles. The second-order valence-corrected chi connectivity index (χ2v) is 10.3. The molecule has 24 heavy (non-hydrogen) atoms. The van der Waals surface area contributed by atoms with Crippen LogP contribution in [0, 0.1) is 0 Å². The molecule has 130 valence electrons. The van der Waals surface area contributed by atoms with Crippen LogP contribution >= 0.6 is 27.5 Å². The third-order valence-corrected chi connectivity index (χ3v) is 6.21. The van der Waals surface area contributed by atoms with Crippen molar-refractivity contribution >= 4 is 44.2 Å². The zero-order valence-corrected chi connectivity index (χ0v) is 17.4. The van der Waals surface area contributed by atoms with Crippen LogP contribution in [0.1, 0.15) is 37.9 Å². The van der Waals surface area contributed by atoms with Crippen molar-refractivity contribution < 1.29 is 4.21 Å². The van der Waals surface area contributed by atoms with E-state index in [1.807, 2.05) is 74.6 Å². The first-order chi connectivity index (χ1) is 11.1. The van der Waals surface area contributed by atoms with Crippen molar-refractivity contribution in [3.8, 4) is 0 Å². The van der Waals surface area contributed by atoms with Gasteiger partial charge in [-0.15, -0.1) is 0 Å². The highest BCUT2D eigenvalue weighted by molar-refractivity contribution is 9.10. The largest absolute Gasteiger partial charge is 0.398 e. The van der Waals surface area contributed by atoms with Gasteiger partial charge in [-0.05, 0) is 62.2 Å². The molecule has 6 heteroatoms. The second kappa shape index (κ2) is 7.56. The van der Waals surface area contributed by atoms with Gasteiger partial charge in [-0.3, -0.25) is 0 Å². The van der Waals surface area contributed by atoms with E-state index in [4.69, 9.17) is 17.3 Å². The van der Waals surface area contributed by atoms with E-state index in [0.717, 1.165) is 15.6 Å². The summed E-state index contributed by atoms with van der Waals surface area (Å²) in [5, 5.41) is 0.666. The Labute approximate surface area is 159 Å². The number of halogens is 2. The van der Waals surface area contributed by atoms with Crippen LogP contribution in [-0.2, 0) is 11.0 Å². The van der Waals surface area contributed by atoms with Crippen LogP contribution in [0.25, 0.3) is 0 Å². The minimum Gasteiger partial charge on any atom is -0.398 e. The topological polar surface area (TPSA) is 46.3 Å². The molecule has 0 amide bonds. The summed E-state index contributed by atoms with van der Waals surface area (Å²) in [4.78, 5) is 0. The number of benzene rings is 2. The van der Waals surface area contributed by atoms with Crippen molar-refractivity contribution in [3.05, 3.63) is 63.1 Å². The van der Waals surface area contributed by atoms with E-state index >= 15 is 0 Å². The smallest absolute Gasteiger partial charge is 0.100 e. The second-order valence-electron chi connectivity index (χ2n) is 6.64. The summed E-state index contributed by atoms with van der Waals surface area (Å²) in [6.45, 7) is 5.88. The number of nitrogens with two attached hydrogens (primary N) is 1. The van der Waals surface area contributed by atoms with Crippen molar-refractivity contribution in [2.75, 3.05) is 12.8 Å². The fraction of sp³-hybridized carbons (Fsp3) is 0.333. The minimum atomic E-state index is -1.20. The van der Waals surface area contributed by atoms with Gasteiger partial charge in [0, 0.05) is 22.2 Å². The number of nitrogens with zero attached hydrogens (tertiary/aromatic N) is 1. The Hall–Kier alpha value is -0.880. The van der Waals surface area contributed by atoms with Crippen LogP contribution in [0.3, 0.4) is 0 Å². The average molecular weight is 430 g/mol. The standard InChI is InChI=1S/C18H22BrClN2OS/c1-18(2,3)24(23)22(4)17(12-5-8-14(20)9-6-12)15-11-13(19)7-10-16(15)21/h5-11,17H,21H2,1-4H3/t17-,24+/m1/s1. The van der Waals surface area contributed by atoms with E-state index < -0.39 is 11.0 Å². The fourth-order valence-electron chi connectivity index (χ4n) is 2.54. The number of nitrogen functional groups attached to an aromatic ring is 1. The molecule has 2 rings (SSSR count). The van der Waals surface area contributed by atoms with Crippen molar-refractivity contribution in [2.45, 2.75) is 31.6 Å². The van der Waals surface area contributed by atoms with Crippen LogP contribution in [0.4, 0.5) is 5.69 Å². The maximum atomic E-state index is 13.0. The molecule has 0 bridgehead atoms. The molecule has 2 aromatic rings. The van der Waals surface area contributed by atoms with Gasteiger partial charge in [0.1, 0.15) is 11.0 Å². The molecular weight excluding hydrogens is 408 g/mol. The Morgan fingerprint density at radius 1 is 1.17 bits per heavy atom. The van der Waals surface area contributed by atoms with Crippen molar-refractivity contribution in [1.82, 2.24) is 4.31 Å². The minimum absolute atomic E-state index is 0.236. The molecule has 3 nitrogen and oxygen atoms in total. The number of anilines is 1. The third-order valence-electron chi connectivity index (χ3n) is 3.68. The van der Waals surface area contributed by atoms with E-state index in [-0.39, 0.29) is 10.8 Å². The summed E-state index contributed by atoms with van der Waals surface area (Å²) in [6.07, 6.45) is 0. The molecule has 2 aromatic carbocycles. The molecule has 0 spiro atoms. The highest BCUT2D eigenvalue weighted by Crippen LogP contribution is 2.36. The lowest BCUT2D eigenvalue weighted by Gasteiger charge is -2.33. The van der Waals surface area contributed by atoms with Crippen molar-refractivity contribution in [3.63, 3.8) is 0 Å². The maximum Gasteiger partial charge on any atom is 0.100 e. The predicted molar refractivity (Wildman–Crippen MR) is 108 cm³/mol. The summed E-state index contributed by atoms with van der Waals surface area (Å²) >= 11 is 9.53. The third kappa shape index (κ3) is 4.39. The van der Waals surface area contributed by atoms with E-state index in [0.29, 0.717) is 10.7 Å². The zero-order valence-electron chi connectivity index (χ0n) is 14.2. The SMILES string of the molecule is CN([C@H](c1ccc(Cl)cc1)c1cc(Br)ccc1N)[S@@](=O)C(C)(C)C. The fourth-order valence-corrected chi connectivity index (χ4v) is 4.34. The van der Waals surface area contributed by atoms with Crippen LogP contribution in [-0.4, -0.2) is 20.3 Å². The van der Waals surface area contributed by atoms with Crippen LogP contribution in [0.5, 0.6) is 0 Å². The van der Waals surface area contributed by atoms with Crippen molar-refractivity contribution in [2.24, 2.45) is 0 Å². The van der Waals surface area contributed by atoms with Gasteiger partial charge < -0.3 is 5.73 Å². The molecular formula is C18H22BrClN2OS. The van der Waals surface area contributed by atoms with Crippen LogP contribution in [0.2, 0.25) is 5.02 Å². The zero-order chi connectivity index (χ0) is 18.1. The quantitative estimate of drug-likeness (QED) is 0.682. The van der Waals surface area contributed by atoms with Gasteiger partial charge in [-0.25, -0.2) is 8.51 Å². The monoisotopic (exact) mass is 428 g/mol. The van der Waals surface area contributed by atoms with E-state index in [2.05, 4.69) is 15.9 Å². The lowest BCUT2D eigenvalue weighted by molar-refractivity contribution is 0.440. The summed E-state index contributed by atoms with van der Waals surface area (Å²) in [6, 6.07) is 13.1. The van der Waals surface area contributed by atoms with Gasteiger partial charge >= 0.3 is 0 Å². The van der Waals surface area contributed by atoms with Gasteiger partial charge in [0.15, 0.2) is 0 Å². The lowest BCUT2D eigenvalue weighted by Crippen LogP contribution is -2.38. The normalized spacial score (nSPS) is 14.6. The van der Waals surface area contributed by atoms with Gasteiger partial charge in [0.25, 0.3) is 0 Å². The predicted octanol–water partition coefficient (Wildman–Crippen LogP) is 5.17. The Bertz CT molecular complexity index is 744. The molecule has 0 unspecified atom stereocenters. The van der Waals surface area contributed by atoms with Gasteiger partial charge in [-0.1, -0.05) is 39.7 Å². The highest BCUT2D eigenvalue weighted by atomic mass is 79.9. The maximum absolute atomic E-state index is 13.0. The molecule has 0 heterocycles. The van der Waals surface area contributed by atoms with Crippen LogP contribution < -0.4 is 5.73 Å².